The minimum Gasteiger partial charge on any atom is -0.418 e. The SMILES string of the molecule is C=CC(=O)OC(NCC)OCC. The van der Waals surface area contributed by atoms with E-state index < -0.39 is 12.4 Å². The molecule has 0 aromatic rings. The Bertz CT molecular complexity index is 141. The van der Waals surface area contributed by atoms with E-state index in [0.29, 0.717) is 13.2 Å². The normalized spacial score (nSPS) is 12.2. The molecule has 0 heterocycles. The molecule has 0 aliphatic rings. The summed E-state index contributed by atoms with van der Waals surface area (Å²) >= 11 is 0. The third kappa shape index (κ3) is 4.87. The zero-order valence-electron chi connectivity index (χ0n) is 7.50. The third-order valence-electron chi connectivity index (χ3n) is 1.08. The molecule has 1 N–H and O–H groups in total. The summed E-state index contributed by atoms with van der Waals surface area (Å²) in [6.07, 6.45) is 0.439. The van der Waals surface area contributed by atoms with E-state index in [4.69, 9.17) is 9.47 Å². The Morgan fingerprint density at radius 3 is 2.75 bits per heavy atom. The average Bonchev–Trinajstić information content (AvgIpc) is 2.05. The van der Waals surface area contributed by atoms with Crippen LogP contribution in [0.3, 0.4) is 0 Å². The lowest BCUT2D eigenvalue weighted by molar-refractivity contribution is -0.179. The standard InChI is InChI=1S/C8H15NO3/c1-4-7(10)12-8(9-5-2)11-6-3/h4,8-9H,1,5-6H2,2-3H3. The number of rotatable bonds is 6. The van der Waals surface area contributed by atoms with Gasteiger partial charge in [-0.1, -0.05) is 13.5 Å². The van der Waals surface area contributed by atoms with Crippen LogP contribution in [0.4, 0.5) is 0 Å². The largest absolute Gasteiger partial charge is 0.418 e. The molecule has 1 atom stereocenters. The number of ether oxygens (including phenoxy) is 2. The zero-order chi connectivity index (χ0) is 9.40. The maximum absolute atomic E-state index is 10.7. The number of carbonyl (C=O) groups excluding carboxylic acids is 1. The van der Waals surface area contributed by atoms with E-state index in [1.54, 1.807) is 0 Å². The second-order valence-electron chi connectivity index (χ2n) is 1.99. The van der Waals surface area contributed by atoms with E-state index >= 15 is 0 Å². The molecule has 1 unspecified atom stereocenters. The number of nitrogens with one attached hydrogen (secondary N) is 1. The molecule has 0 aromatic heterocycles. The first-order chi connectivity index (χ1) is 5.74. The van der Waals surface area contributed by atoms with Crippen molar-refractivity contribution < 1.29 is 14.3 Å². The van der Waals surface area contributed by atoms with Crippen molar-refractivity contribution in [2.24, 2.45) is 0 Å². The van der Waals surface area contributed by atoms with Crippen molar-refractivity contribution in [1.29, 1.82) is 0 Å². The first kappa shape index (κ1) is 11.1. The summed E-state index contributed by atoms with van der Waals surface area (Å²) in [7, 11) is 0. The summed E-state index contributed by atoms with van der Waals surface area (Å²) in [6.45, 7) is 8.16. The smallest absolute Gasteiger partial charge is 0.333 e. The second-order valence-corrected chi connectivity index (χ2v) is 1.99. The van der Waals surface area contributed by atoms with Gasteiger partial charge in [-0.3, -0.25) is 5.32 Å². The average molecular weight is 173 g/mol. The minimum absolute atomic E-state index is 0.488. The fourth-order valence-corrected chi connectivity index (χ4v) is 0.606. The Hall–Kier alpha value is -0.870. The lowest BCUT2D eigenvalue weighted by atomic mass is 10.6. The van der Waals surface area contributed by atoms with E-state index in [1.807, 2.05) is 13.8 Å². The monoisotopic (exact) mass is 173 g/mol. The van der Waals surface area contributed by atoms with Gasteiger partial charge in [0.05, 0.1) is 0 Å². The molecular weight excluding hydrogens is 158 g/mol. The molecule has 0 aliphatic heterocycles. The van der Waals surface area contributed by atoms with Gasteiger partial charge in [0.15, 0.2) is 0 Å². The van der Waals surface area contributed by atoms with Gasteiger partial charge >= 0.3 is 5.97 Å². The van der Waals surface area contributed by atoms with Crippen LogP contribution in [0, 0.1) is 0 Å². The van der Waals surface area contributed by atoms with Crippen LogP contribution in [0.25, 0.3) is 0 Å². The van der Waals surface area contributed by atoms with Crippen molar-refractivity contribution >= 4 is 5.97 Å². The molecule has 0 rings (SSSR count). The molecule has 0 bridgehead atoms. The van der Waals surface area contributed by atoms with Crippen LogP contribution in [0.2, 0.25) is 0 Å². The first-order valence-corrected chi connectivity index (χ1v) is 3.92. The zero-order valence-corrected chi connectivity index (χ0v) is 7.50. The van der Waals surface area contributed by atoms with Crippen LogP contribution in [0.5, 0.6) is 0 Å². The van der Waals surface area contributed by atoms with Gasteiger partial charge in [0.25, 0.3) is 6.41 Å². The van der Waals surface area contributed by atoms with Crippen molar-refractivity contribution in [2.75, 3.05) is 13.2 Å². The maximum Gasteiger partial charge on any atom is 0.333 e. The fourth-order valence-electron chi connectivity index (χ4n) is 0.606. The van der Waals surface area contributed by atoms with Gasteiger partial charge in [0, 0.05) is 12.7 Å². The molecule has 70 valence electrons. The number of esters is 1. The Labute approximate surface area is 72.5 Å². The van der Waals surface area contributed by atoms with Crippen LogP contribution >= 0.6 is 0 Å². The topological polar surface area (TPSA) is 47.6 Å². The molecule has 0 fully saturated rings. The van der Waals surface area contributed by atoms with Crippen molar-refractivity contribution in [3.63, 3.8) is 0 Å². The van der Waals surface area contributed by atoms with Crippen LogP contribution in [-0.4, -0.2) is 25.5 Å². The van der Waals surface area contributed by atoms with Gasteiger partial charge < -0.3 is 9.47 Å². The molecule has 4 heteroatoms. The molecule has 0 aromatic carbocycles. The van der Waals surface area contributed by atoms with Gasteiger partial charge in [-0.2, -0.15) is 0 Å². The Balaban J connectivity index is 3.76. The maximum atomic E-state index is 10.7. The Morgan fingerprint density at radius 2 is 2.33 bits per heavy atom. The van der Waals surface area contributed by atoms with Crippen molar-refractivity contribution in [1.82, 2.24) is 5.32 Å². The Kier molecular flexibility index (Phi) is 6.32. The molecule has 0 saturated heterocycles. The predicted molar refractivity (Wildman–Crippen MR) is 45.4 cm³/mol. The van der Waals surface area contributed by atoms with Crippen LogP contribution in [0.1, 0.15) is 13.8 Å². The highest BCUT2D eigenvalue weighted by Gasteiger charge is 2.09. The van der Waals surface area contributed by atoms with E-state index in [0.717, 1.165) is 6.08 Å². The van der Waals surface area contributed by atoms with E-state index in [9.17, 15) is 4.79 Å². The summed E-state index contributed by atoms with van der Waals surface area (Å²) in [4.78, 5) is 10.7. The summed E-state index contributed by atoms with van der Waals surface area (Å²) in [5.41, 5.74) is 0. The minimum atomic E-state index is -0.662. The molecule has 12 heavy (non-hydrogen) atoms. The number of carbonyl (C=O) groups is 1. The number of hydrogen-bond acceptors (Lipinski definition) is 4. The summed E-state index contributed by atoms with van der Waals surface area (Å²) in [6, 6.07) is 0. The van der Waals surface area contributed by atoms with E-state index in [1.165, 1.54) is 0 Å². The predicted octanol–water partition coefficient (Wildman–Crippen LogP) is 0.645. The van der Waals surface area contributed by atoms with Crippen molar-refractivity contribution in [3.8, 4) is 0 Å². The lowest BCUT2D eigenvalue weighted by Crippen LogP contribution is -2.35. The summed E-state index contributed by atoms with van der Waals surface area (Å²) in [5.74, 6) is -0.491. The van der Waals surface area contributed by atoms with E-state index in [-0.39, 0.29) is 0 Å². The summed E-state index contributed by atoms with van der Waals surface area (Å²) in [5, 5.41) is 2.84. The van der Waals surface area contributed by atoms with Gasteiger partial charge in [-0.25, -0.2) is 4.79 Å². The highest BCUT2D eigenvalue weighted by molar-refractivity contribution is 5.81. The highest BCUT2D eigenvalue weighted by atomic mass is 16.7. The molecule has 0 aliphatic carbocycles. The molecule has 0 radical (unpaired) electrons. The van der Waals surface area contributed by atoms with Crippen molar-refractivity contribution in [3.05, 3.63) is 12.7 Å². The van der Waals surface area contributed by atoms with Crippen LogP contribution in [0.15, 0.2) is 12.7 Å². The van der Waals surface area contributed by atoms with Gasteiger partial charge in [-0.05, 0) is 13.5 Å². The van der Waals surface area contributed by atoms with Gasteiger partial charge in [0.1, 0.15) is 0 Å². The highest BCUT2D eigenvalue weighted by Crippen LogP contribution is 1.91. The van der Waals surface area contributed by atoms with Gasteiger partial charge in [0.2, 0.25) is 0 Å². The summed E-state index contributed by atoms with van der Waals surface area (Å²) < 4.78 is 9.84. The van der Waals surface area contributed by atoms with Crippen LogP contribution in [-0.2, 0) is 14.3 Å². The molecule has 0 saturated carbocycles. The molecule has 4 nitrogen and oxygen atoms in total. The Morgan fingerprint density at radius 1 is 1.67 bits per heavy atom. The molecular formula is C8H15NO3. The lowest BCUT2D eigenvalue weighted by Gasteiger charge is -2.16. The second kappa shape index (κ2) is 6.82. The molecule has 0 spiro atoms. The quantitative estimate of drug-likeness (QED) is 0.364. The number of hydrogen-bond donors (Lipinski definition) is 1. The third-order valence-corrected chi connectivity index (χ3v) is 1.08. The fraction of sp³-hybridized carbons (Fsp3) is 0.625. The van der Waals surface area contributed by atoms with Crippen LogP contribution < -0.4 is 5.32 Å². The van der Waals surface area contributed by atoms with E-state index in [2.05, 4.69) is 11.9 Å². The van der Waals surface area contributed by atoms with Gasteiger partial charge in [-0.15, -0.1) is 0 Å². The molecule has 0 amide bonds. The first-order valence-electron chi connectivity index (χ1n) is 3.92. The van der Waals surface area contributed by atoms with Crippen molar-refractivity contribution in [2.45, 2.75) is 20.3 Å².